The van der Waals surface area contributed by atoms with E-state index >= 15 is 0 Å². The summed E-state index contributed by atoms with van der Waals surface area (Å²) in [6, 6.07) is 8.41. The van der Waals surface area contributed by atoms with Crippen molar-refractivity contribution >= 4 is 11.8 Å². The molecule has 1 aliphatic rings. The van der Waals surface area contributed by atoms with Crippen LogP contribution in [0.15, 0.2) is 24.3 Å². The molecule has 1 aromatic heterocycles. The Kier molecular flexibility index (Phi) is 4.69. The van der Waals surface area contributed by atoms with E-state index in [0.717, 1.165) is 36.6 Å². The Bertz CT molecular complexity index is 765. The monoisotopic (exact) mass is 340 g/mol. The van der Waals surface area contributed by atoms with Crippen LogP contribution in [0.3, 0.4) is 0 Å². The Labute approximate surface area is 150 Å². The Morgan fingerprint density at radius 2 is 1.92 bits per heavy atom. The number of aliphatic hydroxyl groups is 1. The van der Waals surface area contributed by atoms with Crippen LogP contribution in [-0.4, -0.2) is 28.7 Å². The molecular formula is C20H28N4O. The largest absolute Gasteiger partial charge is 0.386 e. The summed E-state index contributed by atoms with van der Waals surface area (Å²) < 4.78 is 0. The van der Waals surface area contributed by atoms with Crippen LogP contribution in [0.4, 0.5) is 11.8 Å². The molecule has 3 rings (SSSR count). The van der Waals surface area contributed by atoms with Gasteiger partial charge in [0.25, 0.3) is 0 Å². The van der Waals surface area contributed by atoms with Crippen molar-refractivity contribution in [1.82, 2.24) is 9.97 Å². The zero-order valence-electron chi connectivity index (χ0n) is 15.8. The molecule has 1 aliphatic heterocycles. The van der Waals surface area contributed by atoms with Crippen molar-refractivity contribution in [2.24, 2.45) is 0 Å². The first-order valence-corrected chi connectivity index (χ1v) is 8.94. The Morgan fingerprint density at radius 3 is 2.56 bits per heavy atom. The predicted octanol–water partition coefficient (Wildman–Crippen LogP) is 3.43. The number of aromatic nitrogens is 2. The molecule has 0 saturated heterocycles. The topological polar surface area (TPSA) is 61.3 Å². The summed E-state index contributed by atoms with van der Waals surface area (Å²) >= 11 is 0. The highest BCUT2D eigenvalue weighted by Crippen LogP contribution is 2.29. The average Bonchev–Trinajstić information content (AvgIpc) is 2.59. The van der Waals surface area contributed by atoms with Gasteiger partial charge >= 0.3 is 0 Å². The molecule has 0 fully saturated rings. The molecule has 134 valence electrons. The molecular weight excluding hydrogens is 312 g/mol. The lowest BCUT2D eigenvalue weighted by molar-refractivity contribution is 0.0785. The molecule has 0 radical (unpaired) electrons. The summed E-state index contributed by atoms with van der Waals surface area (Å²) in [5.74, 6) is 2.00. The quantitative estimate of drug-likeness (QED) is 0.893. The molecule has 0 unspecified atom stereocenters. The third kappa shape index (κ3) is 3.76. The molecule has 0 aliphatic carbocycles. The van der Waals surface area contributed by atoms with Crippen LogP contribution in [0.2, 0.25) is 0 Å². The summed E-state index contributed by atoms with van der Waals surface area (Å²) in [5.41, 5.74) is 3.85. The zero-order valence-corrected chi connectivity index (χ0v) is 15.8. The fourth-order valence-corrected chi connectivity index (χ4v) is 3.15. The van der Waals surface area contributed by atoms with Crippen LogP contribution in [0.5, 0.6) is 0 Å². The van der Waals surface area contributed by atoms with Crippen LogP contribution < -0.4 is 10.2 Å². The fourth-order valence-electron chi connectivity index (χ4n) is 3.15. The number of fused-ring (bicyclic) bond motifs is 1. The Morgan fingerprint density at radius 1 is 1.16 bits per heavy atom. The van der Waals surface area contributed by atoms with E-state index < -0.39 is 5.60 Å². The van der Waals surface area contributed by atoms with E-state index in [9.17, 15) is 5.11 Å². The summed E-state index contributed by atoms with van der Waals surface area (Å²) in [4.78, 5) is 11.5. The van der Waals surface area contributed by atoms with E-state index in [1.807, 2.05) is 27.0 Å². The van der Waals surface area contributed by atoms with E-state index in [1.54, 1.807) is 0 Å². The molecule has 25 heavy (non-hydrogen) atoms. The maximum absolute atomic E-state index is 10.2. The molecule has 5 heteroatoms. The molecule has 0 saturated carbocycles. The molecule has 2 aromatic rings. The van der Waals surface area contributed by atoms with Gasteiger partial charge in [-0.3, -0.25) is 0 Å². The first-order valence-electron chi connectivity index (χ1n) is 8.94. The first-order chi connectivity index (χ1) is 11.8. The maximum Gasteiger partial charge on any atom is 0.224 e. The van der Waals surface area contributed by atoms with Gasteiger partial charge in [-0.2, -0.15) is 4.98 Å². The van der Waals surface area contributed by atoms with Gasteiger partial charge in [-0.1, -0.05) is 32.0 Å². The predicted molar refractivity (Wildman–Crippen MR) is 102 cm³/mol. The molecule has 0 atom stereocenters. The Balaban J connectivity index is 1.89. The van der Waals surface area contributed by atoms with Gasteiger partial charge in [0.15, 0.2) is 0 Å². The van der Waals surface area contributed by atoms with E-state index in [4.69, 9.17) is 0 Å². The summed E-state index contributed by atoms with van der Waals surface area (Å²) in [6.07, 6.45) is 0.954. The molecule has 2 heterocycles. The molecule has 1 aromatic carbocycles. The standard InChI is InChI=1S/C20H28N4O/c1-13(2)17-11-18(23-19(21-5)22-17)24-9-8-14-10-16(20(3,4)25)7-6-15(14)12-24/h6-7,10-11,13,25H,8-9,12H2,1-5H3,(H,21,22,23). The third-order valence-corrected chi connectivity index (χ3v) is 4.80. The maximum atomic E-state index is 10.2. The number of nitrogens with one attached hydrogen (secondary N) is 1. The third-order valence-electron chi connectivity index (χ3n) is 4.80. The van der Waals surface area contributed by atoms with Crippen molar-refractivity contribution in [3.63, 3.8) is 0 Å². The second kappa shape index (κ2) is 6.64. The molecule has 0 amide bonds. The highest BCUT2D eigenvalue weighted by molar-refractivity contribution is 5.49. The minimum Gasteiger partial charge on any atom is -0.386 e. The van der Waals surface area contributed by atoms with Crippen molar-refractivity contribution in [2.45, 2.75) is 52.2 Å². The van der Waals surface area contributed by atoms with Crippen LogP contribution >= 0.6 is 0 Å². The van der Waals surface area contributed by atoms with E-state index in [0.29, 0.717) is 11.9 Å². The van der Waals surface area contributed by atoms with Gasteiger partial charge in [0.1, 0.15) is 5.82 Å². The summed E-state index contributed by atoms with van der Waals surface area (Å²) in [7, 11) is 1.85. The molecule has 0 bridgehead atoms. The van der Waals surface area contributed by atoms with Crippen molar-refractivity contribution in [1.29, 1.82) is 0 Å². The van der Waals surface area contributed by atoms with Crippen LogP contribution in [0.1, 0.15) is 56.0 Å². The zero-order chi connectivity index (χ0) is 18.2. The molecule has 2 N–H and O–H groups in total. The van der Waals surface area contributed by atoms with Crippen LogP contribution in [-0.2, 0) is 18.6 Å². The highest BCUT2D eigenvalue weighted by atomic mass is 16.3. The van der Waals surface area contributed by atoms with Crippen molar-refractivity contribution in [3.05, 3.63) is 46.6 Å². The fraction of sp³-hybridized carbons (Fsp3) is 0.500. The van der Waals surface area contributed by atoms with E-state index in [2.05, 4.69) is 52.2 Å². The summed E-state index contributed by atoms with van der Waals surface area (Å²) in [6.45, 7) is 9.71. The normalized spacial score (nSPS) is 14.6. The van der Waals surface area contributed by atoms with E-state index in [-0.39, 0.29) is 0 Å². The van der Waals surface area contributed by atoms with Crippen LogP contribution in [0, 0.1) is 0 Å². The van der Waals surface area contributed by atoms with Gasteiger partial charge in [-0.25, -0.2) is 4.98 Å². The lowest BCUT2D eigenvalue weighted by Gasteiger charge is -2.31. The second-order valence-electron chi connectivity index (χ2n) is 7.59. The van der Waals surface area contributed by atoms with Crippen molar-refractivity contribution in [3.8, 4) is 0 Å². The molecule has 0 spiro atoms. The minimum atomic E-state index is -0.799. The highest BCUT2D eigenvalue weighted by Gasteiger charge is 2.22. The lowest BCUT2D eigenvalue weighted by Crippen LogP contribution is -2.32. The van der Waals surface area contributed by atoms with Crippen molar-refractivity contribution in [2.75, 3.05) is 23.8 Å². The average molecular weight is 340 g/mol. The first kappa shape index (κ1) is 17.7. The molecule has 5 nitrogen and oxygen atoms in total. The Hall–Kier alpha value is -2.14. The number of anilines is 2. The number of hydrogen-bond acceptors (Lipinski definition) is 5. The van der Waals surface area contributed by atoms with Crippen molar-refractivity contribution < 1.29 is 5.11 Å². The van der Waals surface area contributed by atoms with Gasteiger partial charge in [-0.15, -0.1) is 0 Å². The van der Waals surface area contributed by atoms with Gasteiger partial charge in [-0.05, 0) is 42.9 Å². The number of hydrogen-bond donors (Lipinski definition) is 2. The van der Waals surface area contributed by atoms with Gasteiger partial charge in [0, 0.05) is 26.2 Å². The number of benzene rings is 1. The SMILES string of the molecule is CNc1nc(C(C)C)cc(N2CCc3cc(C(C)(C)O)ccc3C2)n1. The lowest BCUT2D eigenvalue weighted by atomic mass is 9.91. The van der Waals surface area contributed by atoms with Gasteiger partial charge in [0.2, 0.25) is 5.95 Å². The van der Waals surface area contributed by atoms with Gasteiger partial charge in [0.05, 0.1) is 11.3 Å². The second-order valence-corrected chi connectivity index (χ2v) is 7.59. The number of rotatable bonds is 4. The van der Waals surface area contributed by atoms with Gasteiger partial charge < -0.3 is 15.3 Å². The summed E-state index contributed by atoms with van der Waals surface area (Å²) in [5, 5.41) is 13.3. The minimum absolute atomic E-state index is 0.361. The number of nitrogens with zero attached hydrogens (tertiary/aromatic N) is 3. The smallest absolute Gasteiger partial charge is 0.224 e. The van der Waals surface area contributed by atoms with E-state index in [1.165, 1.54) is 11.1 Å². The van der Waals surface area contributed by atoms with Crippen LogP contribution in [0.25, 0.3) is 0 Å².